The lowest BCUT2D eigenvalue weighted by Crippen LogP contribution is -2.55. The van der Waals surface area contributed by atoms with Crippen LogP contribution in [-0.2, 0) is 43.0 Å². The van der Waals surface area contributed by atoms with Crippen molar-refractivity contribution < 1.29 is 43.0 Å². The second-order valence-electron chi connectivity index (χ2n) is 15.7. The molecule has 0 aromatic rings. The third-order valence-corrected chi connectivity index (χ3v) is 9.59. The SMILES string of the molecule is CCCCC(CC)N=CC(CCC(=O)NCC(=O)O[C@](C)(CC)C(=O)[C@H](CC(C)C)NC(=O)CNC(=O)[C@H](CC(C)C)NC(=O)CNC(=O)CN1CCOCC1)=NN. The molecule has 0 bridgehead atoms. The van der Waals surface area contributed by atoms with Crippen LogP contribution in [0.4, 0.5) is 0 Å². The van der Waals surface area contributed by atoms with Gasteiger partial charge < -0.3 is 41.9 Å². The van der Waals surface area contributed by atoms with E-state index in [1.165, 1.54) is 6.92 Å². The van der Waals surface area contributed by atoms with Crippen LogP contribution in [0, 0.1) is 11.8 Å². The molecule has 1 aliphatic heterocycles. The number of aliphatic imine (C=N–C) groups is 1. The molecule has 0 aromatic heterocycles. The van der Waals surface area contributed by atoms with Gasteiger partial charge in [0.05, 0.1) is 44.6 Å². The Morgan fingerprint density at radius 3 is 1.97 bits per heavy atom. The van der Waals surface area contributed by atoms with E-state index in [4.69, 9.17) is 15.3 Å². The lowest BCUT2D eigenvalue weighted by atomic mass is 9.88. The molecule has 18 nitrogen and oxygen atoms in total. The fourth-order valence-electron chi connectivity index (χ4n) is 6.02. The zero-order valence-corrected chi connectivity index (χ0v) is 36.1. The normalized spacial score (nSPS) is 16.2. The standard InChI is InChI=1S/C40H71N9O9/c1-9-12-13-29(10-2)42-22-30(48-41)14-15-33(50)44-25-37(54)58-40(8,11-3)38(55)31(20-27(4)5)46-35(52)24-45-39(56)32(21-28(6)7)47-34(51)23-43-36(53)26-49-16-18-57-19-17-49/h22,27-29,31-32H,9-21,23-26,41H2,1-8H3,(H,43,53)(H,44,50)(H,45,56)(H,46,52)(H,47,51)/t29?,31-,32-,40+/m0/s1. The van der Waals surface area contributed by atoms with Crippen molar-refractivity contribution in [1.82, 2.24) is 31.5 Å². The van der Waals surface area contributed by atoms with Gasteiger partial charge in [0.25, 0.3) is 0 Å². The lowest BCUT2D eigenvalue weighted by molar-refractivity contribution is -0.167. The molecule has 1 saturated heterocycles. The number of hydrazone groups is 1. The molecule has 1 rings (SSSR count). The van der Waals surface area contributed by atoms with Gasteiger partial charge in [0.2, 0.25) is 29.5 Å². The number of morpholine rings is 1. The molecule has 0 aliphatic carbocycles. The van der Waals surface area contributed by atoms with Gasteiger partial charge in [-0.1, -0.05) is 61.3 Å². The molecule has 0 radical (unpaired) electrons. The molecule has 4 atom stereocenters. The molecule has 18 heteroatoms. The van der Waals surface area contributed by atoms with E-state index in [-0.39, 0.29) is 69.0 Å². The Bertz CT molecular complexity index is 1400. The van der Waals surface area contributed by atoms with E-state index in [9.17, 15) is 33.6 Å². The average molecular weight is 822 g/mol. The Kier molecular flexibility index (Phi) is 24.9. The minimum atomic E-state index is -1.63. The van der Waals surface area contributed by atoms with Gasteiger partial charge in [-0.3, -0.25) is 43.5 Å². The predicted molar refractivity (Wildman–Crippen MR) is 222 cm³/mol. The fraction of sp³-hybridized carbons (Fsp3) is 0.775. The minimum Gasteiger partial charge on any atom is -0.450 e. The highest BCUT2D eigenvalue weighted by Gasteiger charge is 2.41. The Balaban J connectivity index is 2.76. The number of ketones is 1. The zero-order valence-electron chi connectivity index (χ0n) is 36.1. The van der Waals surface area contributed by atoms with Crippen LogP contribution in [0.2, 0.25) is 0 Å². The zero-order chi connectivity index (χ0) is 43.7. The summed E-state index contributed by atoms with van der Waals surface area (Å²) in [7, 11) is 0. The molecule has 5 amide bonds. The summed E-state index contributed by atoms with van der Waals surface area (Å²) < 4.78 is 10.9. The largest absolute Gasteiger partial charge is 0.450 e. The molecule has 7 N–H and O–H groups in total. The van der Waals surface area contributed by atoms with Crippen molar-refractivity contribution in [2.45, 2.75) is 137 Å². The van der Waals surface area contributed by atoms with Gasteiger partial charge in [-0.2, -0.15) is 5.10 Å². The average Bonchev–Trinajstić information content (AvgIpc) is 3.18. The van der Waals surface area contributed by atoms with Crippen LogP contribution < -0.4 is 32.4 Å². The van der Waals surface area contributed by atoms with Gasteiger partial charge >= 0.3 is 5.97 Å². The molecule has 1 unspecified atom stereocenters. The van der Waals surface area contributed by atoms with Crippen molar-refractivity contribution in [2.24, 2.45) is 27.8 Å². The summed E-state index contributed by atoms with van der Waals surface area (Å²) in [4.78, 5) is 97.0. The third kappa shape index (κ3) is 21.3. The van der Waals surface area contributed by atoms with Crippen molar-refractivity contribution in [3.63, 3.8) is 0 Å². The summed E-state index contributed by atoms with van der Waals surface area (Å²) in [6, 6.07) is -1.89. The predicted octanol–water partition coefficient (Wildman–Crippen LogP) is 1.14. The second kappa shape index (κ2) is 28.1. The molecule has 0 spiro atoms. The van der Waals surface area contributed by atoms with Crippen LogP contribution in [0.5, 0.6) is 0 Å². The molecule has 330 valence electrons. The van der Waals surface area contributed by atoms with E-state index >= 15 is 0 Å². The first-order chi connectivity index (χ1) is 27.5. The minimum absolute atomic E-state index is 0.00261. The number of Topliss-reactive ketones (excluding diaryl/α,β-unsaturated/α-hetero) is 1. The molecule has 1 heterocycles. The molecular weight excluding hydrogens is 750 g/mol. The highest BCUT2D eigenvalue weighted by molar-refractivity contribution is 6.30. The maximum Gasteiger partial charge on any atom is 0.326 e. The number of rotatable bonds is 28. The number of unbranched alkanes of at least 4 members (excludes halogenated alkanes) is 1. The monoisotopic (exact) mass is 822 g/mol. The van der Waals surface area contributed by atoms with Crippen LogP contribution in [0.15, 0.2) is 10.1 Å². The highest BCUT2D eigenvalue weighted by atomic mass is 16.6. The van der Waals surface area contributed by atoms with E-state index in [0.29, 0.717) is 32.0 Å². The summed E-state index contributed by atoms with van der Waals surface area (Å²) in [6.07, 6.45) is 6.35. The molecule has 58 heavy (non-hydrogen) atoms. The van der Waals surface area contributed by atoms with Crippen LogP contribution in [-0.4, -0.2) is 134 Å². The van der Waals surface area contributed by atoms with E-state index in [0.717, 1.165) is 25.7 Å². The summed E-state index contributed by atoms with van der Waals surface area (Å²) in [5, 5.41) is 16.6. The van der Waals surface area contributed by atoms with Crippen LogP contribution in [0.25, 0.3) is 0 Å². The highest BCUT2D eigenvalue weighted by Crippen LogP contribution is 2.22. The van der Waals surface area contributed by atoms with Gasteiger partial charge in [-0.15, -0.1) is 0 Å². The first-order valence-electron chi connectivity index (χ1n) is 20.7. The molecular formula is C40H71N9O9. The number of nitrogens with one attached hydrogen (secondary N) is 5. The van der Waals surface area contributed by atoms with E-state index in [1.54, 1.807) is 13.1 Å². The van der Waals surface area contributed by atoms with E-state index < -0.39 is 66.2 Å². The quantitative estimate of drug-likeness (QED) is 0.0283. The summed E-state index contributed by atoms with van der Waals surface area (Å²) in [5.74, 6) is 1.49. The van der Waals surface area contributed by atoms with Crippen LogP contribution >= 0.6 is 0 Å². The molecule has 1 aliphatic rings. The Hall–Kier alpha value is -4.45. The first-order valence-corrected chi connectivity index (χ1v) is 20.7. The van der Waals surface area contributed by atoms with Gasteiger partial charge in [-0.25, -0.2) is 0 Å². The molecule has 1 fully saturated rings. The maximum atomic E-state index is 13.9. The number of nitrogens with zero attached hydrogens (tertiary/aromatic N) is 3. The fourth-order valence-corrected chi connectivity index (χ4v) is 6.02. The van der Waals surface area contributed by atoms with Crippen molar-refractivity contribution in [3.8, 4) is 0 Å². The molecule has 0 aromatic carbocycles. The Morgan fingerprint density at radius 2 is 1.40 bits per heavy atom. The van der Waals surface area contributed by atoms with Gasteiger partial charge in [0.1, 0.15) is 12.6 Å². The summed E-state index contributed by atoms with van der Waals surface area (Å²) in [5.41, 5.74) is -1.18. The Morgan fingerprint density at radius 1 is 0.810 bits per heavy atom. The molecule has 0 saturated carbocycles. The van der Waals surface area contributed by atoms with E-state index in [1.807, 2.05) is 32.6 Å². The number of amides is 5. The lowest BCUT2D eigenvalue weighted by Gasteiger charge is -2.32. The maximum absolute atomic E-state index is 13.9. The van der Waals surface area contributed by atoms with Crippen LogP contribution in [0.3, 0.4) is 0 Å². The van der Waals surface area contributed by atoms with Crippen molar-refractivity contribution in [1.29, 1.82) is 0 Å². The first kappa shape index (κ1) is 51.6. The van der Waals surface area contributed by atoms with E-state index in [2.05, 4.69) is 50.5 Å². The number of hydrogen-bond acceptors (Lipinski definition) is 13. The Labute approximate surface area is 344 Å². The van der Waals surface area contributed by atoms with Crippen molar-refractivity contribution in [2.75, 3.05) is 52.5 Å². The summed E-state index contributed by atoms with van der Waals surface area (Å²) in [6.45, 7) is 15.9. The topological polar surface area (TPSA) is 252 Å². The second-order valence-corrected chi connectivity index (χ2v) is 15.7. The number of hydrogen-bond donors (Lipinski definition) is 6. The van der Waals surface area contributed by atoms with Crippen LogP contribution in [0.1, 0.15) is 113 Å². The van der Waals surface area contributed by atoms with Crippen molar-refractivity contribution in [3.05, 3.63) is 0 Å². The number of carbonyl (C=O) groups excluding carboxylic acids is 7. The smallest absolute Gasteiger partial charge is 0.326 e. The number of esters is 1. The number of nitrogens with two attached hydrogens (primary N) is 1. The van der Waals surface area contributed by atoms with Crippen molar-refractivity contribution >= 4 is 53.2 Å². The van der Waals surface area contributed by atoms with Gasteiger partial charge in [0, 0.05) is 38.2 Å². The van der Waals surface area contributed by atoms with Gasteiger partial charge in [0.15, 0.2) is 11.4 Å². The van der Waals surface area contributed by atoms with Gasteiger partial charge in [-0.05, 0) is 50.9 Å². The third-order valence-electron chi connectivity index (χ3n) is 9.59. The number of carbonyl (C=O) groups is 7. The summed E-state index contributed by atoms with van der Waals surface area (Å²) >= 11 is 0. The number of ether oxygens (including phenoxy) is 2.